The van der Waals surface area contributed by atoms with Gasteiger partial charge in [-0.15, -0.1) is 0 Å². The molecule has 0 bridgehead atoms. The van der Waals surface area contributed by atoms with E-state index < -0.39 is 160 Å². The topological polar surface area (TPSA) is 396 Å². The molecule has 14 unspecified atom stereocenters. The Bertz CT molecular complexity index is 1960. The van der Waals surface area contributed by atoms with Gasteiger partial charge in [-0.25, -0.2) is 14.4 Å². The minimum atomic E-state index is -1.51. The van der Waals surface area contributed by atoms with Gasteiger partial charge in [-0.05, 0) is 24.3 Å². The maximum absolute atomic E-state index is 13.0. The third-order valence-electron chi connectivity index (χ3n) is 12.1. The van der Waals surface area contributed by atoms with Crippen LogP contribution >= 0.6 is 0 Å². The number of aliphatic hydroxyl groups excluding tert-OH is 7. The molecule has 11 N–H and O–H groups in total. The van der Waals surface area contributed by atoms with Gasteiger partial charge < -0.3 is 99.6 Å². The van der Waals surface area contributed by atoms with Gasteiger partial charge in [-0.1, -0.05) is 0 Å². The third-order valence-corrected chi connectivity index (χ3v) is 12.1. The van der Waals surface area contributed by atoms with Gasteiger partial charge in [0.2, 0.25) is 5.91 Å². The molecule has 4 aliphatic rings. The molecule has 1 aromatic carbocycles. The Balaban J connectivity index is 1.12. The number of carbonyl (C=O) groups is 7. The molecule has 3 saturated heterocycles. The lowest BCUT2D eigenvalue weighted by Crippen LogP contribution is -2.60. The Morgan fingerprint density at radius 3 is 1.75 bits per heavy atom. The van der Waals surface area contributed by atoms with Gasteiger partial charge in [0.1, 0.15) is 61.3 Å². The SMILES string of the molecule is COCC1C(O)C(CO)OC(COCC2C(O)C(CO)OC(COCC3C(OC(=O)NCCNC(=O)Oc4ccc(C=O)cc4)COC(CO)C3O)C2O)C1OC(=O)NCCNC(=O)CN1C(=O)C=CC1=O. The number of amides is 6. The van der Waals surface area contributed by atoms with Crippen molar-refractivity contribution in [2.45, 2.75) is 67.1 Å². The second-order valence-corrected chi connectivity index (χ2v) is 16.9. The van der Waals surface area contributed by atoms with E-state index in [2.05, 4.69) is 21.3 Å². The molecule has 0 saturated carbocycles. The van der Waals surface area contributed by atoms with E-state index in [4.69, 9.17) is 42.6 Å². The lowest BCUT2D eigenvalue weighted by molar-refractivity contribution is -0.244. The van der Waals surface area contributed by atoms with Crippen LogP contribution in [0.5, 0.6) is 5.75 Å². The summed E-state index contributed by atoms with van der Waals surface area (Å²) >= 11 is 0. The van der Waals surface area contributed by atoms with E-state index in [-0.39, 0.29) is 58.4 Å². The molecule has 72 heavy (non-hydrogen) atoms. The molecule has 4 heterocycles. The zero-order valence-electron chi connectivity index (χ0n) is 39.1. The maximum Gasteiger partial charge on any atom is 0.412 e. The summed E-state index contributed by atoms with van der Waals surface area (Å²) in [6.07, 6.45) is -14.1. The van der Waals surface area contributed by atoms with E-state index in [9.17, 15) is 69.3 Å². The van der Waals surface area contributed by atoms with Crippen molar-refractivity contribution in [2.24, 2.45) is 17.8 Å². The first-order chi connectivity index (χ1) is 34.6. The normalized spacial score (nSPS) is 30.3. The fraction of sp³-hybridized carbons (Fsp3) is 0.659. The molecule has 0 aromatic heterocycles. The first-order valence-electron chi connectivity index (χ1n) is 22.9. The summed E-state index contributed by atoms with van der Waals surface area (Å²) in [5.74, 6) is -4.87. The molecule has 5 rings (SSSR count). The van der Waals surface area contributed by atoms with Crippen LogP contribution < -0.4 is 26.0 Å². The highest BCUT2D eigenvalue weighted by Crippen LogP contribution is 2.32. The number of aldehydes is 1. The number of alkyl carbamates (subject to hydrolysis) is 2. The Kier molecular flexibility index (Phi) is 22.9. The highest BCUT2D eigenvalue weighted by atomic mass is 16.6. The molecular weight excluding hydrogens is 966 g/mol. The Morgan fingerprint density at radius 1 is 0.639 bits per heavy atom. The molecular formula is C44H63N5O23. The summed E-state index contributed by atoms with van der Waals surface area (Å²) in [4.78, 5) is 85.1. The largest absolute Gasteiger partial charge is 0.443 e. The average molecular weight is 1030 g/mol. The Labute approximate surface area is 411 Å². The van der Waals surface area contributed by atoms with Crippen molar-refractivity contribution >= 4 is 42.3 Å². The summed E-state index contributed by atoms with van der Waals surface area (Å²) in [7, 11) is 1.34. The summed E-state index contributed by atoms with van der Waals surface area (Å²) in [6, 6.07) is 5.78. The zero-order valence-corrected chi connectivity index (χ0v) is 39.1. The number of aliphatic hydroxyl groups is 7. The van der Waals surface area contributed by atoms with E-state index in [0.717, 1.165) is 17.1 Å². The maximum atomic E-state index is 13.0. The van der Waals surface area contributed by atoms with Crippen LogP contribution in [0.1, 0.15) is 10.4 Å². The average Bonchev–Trinajstić information content (AvgIpc) is 3.68. The fourth-order valence-corrected chi connectivity index (χ4v) is 8.24. The minimum absolute atomic E-state index is 0.0734. The molecule has 3 fully saturated rings. The van der Waals surface area contributed by atoms with Crippen molar-refractivity contribution < 1.29 is 112 Å². The van der Waals surface area contributed by atoms with E-state index in [1.807, 2.05) is 0 Å². The van der Waals surface area contributed by atoms with Crippen molar-refractivity contribution in [3.8, 4) is 5.75 Å². The number of ether oxygens (including phenoxy) is 9. The number of hydrogen-bond acceptors (Lipinski definition) is 23. The van der Waals surface area contributed by atoms with Crippen LogP contribution in [0, 0.1) is 17.8 Å². The number of hydrogen-bond donors (Lipinski definition) is 11. The van der Waals surface area contributed by atoms with Crippen molar-refractivity contribution in [1.82, 2.24) is 26.2 Å². The highest BCUT2D eigenvalue weighted by molar-refractivity contribution is 6.14. The zero-order chi connectivity index (χ0) is 52.3. The summed E-state index contributed by atoms with van der Waals surface area (Å²) < 4.78 is 50.4. The predicted octanol–water partition coefficient (Wildman–Crippen LogP) is -5.30. The molecule has 402 valence electrons. The second-order valence-electron chi connectivity index (χ2n) is 16.9. The molecule has 0 aliphatic carbocycles. The number of nitrogens with zero attached hydrogens (tertiary/aromatic N) is 1. The van der Waals surface area contributed by atoms with Gasteiger partial charge in [-0.3, -0.25) is 24.1 Å². The van der Waals surface area contributed by atoms with Crippen LogP contribution in [-0.4, -0.2) is 249 Å². The van der Waals surface area contributed by atoms with Crippen LogP contribution in [0.3, 0.4) is 0 Å². The second kappa shape index (κ2) is 28.7. The predicted molar refractivity (Wildman–Crippen MR) is 238 cm³/mol. The van der Waals surface area contributed by atoms with Crippen LogP contribution in [0.4, 0.5) is 14.4 Å². The van der Waals surface area contributed by atoms with Crippen LogP contribution in [0.15, 0.2) is 36.4 Å². The lowest BCUT2D eigenvalue weighted by Gasteiger charge is -2.44. The Morgan fingerprint density at radius 2 is 1.15 bits per heavy atom. The number of rotatable bonds is 25. The van der Waals surface area contributed by atoms with Gasteiger partial charge in [0, 0.05) is 56.9 Å². The summed E-state index contributed by atoms with van der Waals surface area (Å²) in [5.41, 5.74) is 0.390. The monoisotopic (exact) mass is 1030 g/mol. The van der Waals surface area contributed by atoms with Gasteiger partial charge >= 0.3 is 18.3 Å². The first-order valence-corrected chi connectivity index (χ1v) is 22.9. The standard InChI is InChI=1S/C44H63N5O23/c1-64-17-27-40(60)30(16-53)70-33(41(27)72-44(63)48-9-8-45-34(54)12-49-35(55)6-7-36(49)56)21-66-19-26-38(58)29(15-52)69-32(39(26)59)20-65-18-25-31(22-67-28(14-51)37(25)57)71-43(62)47-11-10-46-42(61)68-24-4-2-23(13-50)3-5-24/h2-7,13,25-33,37-41,51-53,57-60H,8-12,14-22H2,1H3,(H,45,54)(H,46,61)(H,47,62)(H,48,63). The number of nitrogens with one attached hydrogen (secondary N) is 4. The van der Waals surface area contributed by atoms with E-state index in [0.29, 0.717) is 11.8 Å². The van der Waals surface area contributed by atoms with Crippen molar-refractivity contribution in [1.29, 1.82) is 0 Å². The highest BCUT2D eigenvalue weighted by Gasteiger charge is 2.49. The minimum Gasteiger partial charge on any atom is -0.443 e. The van der Waals surface area contributed by atoms with E-state index in [1.165, 1.54) is 31.4 Å². The molecule has 0 radical (unpaired) electrons. The first kappa shape index (κ1) is 57.4. The van der Waals surface area contributed by atoms with Gasteiger partial charge in [0.25, 0.3) is 11.8 Å². The molecule has 28 nitrogen and oxygen atoms in total. The quantitative estimate of drug-likeness (QED) is 0.0248. The number of carbonyl (C=O) groups excluding carboxylic acids is 7. The van der Waals surface area contributed by atoms with Crippen molar-refractivity contribution in [3.05, 3.63) is 42.0 Å². The van der Waals surface area contributed by atoms with Crippen LogP contribution in [-0.2, 0) is 52.3 Å². The fourth-order valence-electron chi connectivity index (χ4n) is 8.24. The lowest BCUT2D eigenvalue weighted by atomic mass is 9.86. The molecule has 4 aliphatic heterocycles. The Hall–Kier alpha value is -5.47. The van der Waals surface area contributed by atoms with Gasteiger partial charge in [0.15, 0.2) is 0 Å². The third kappa shape index (κ3) is 16.0. The smallest absolute Gasteiger partial charge is 0.412 e. The van der Waals surface area contributed by atoms with Gasteiger partial charge in [0.05, 0.1) is 95.7 Å². The molecule has 14 atom stereocenters. The molecule has 1 aromatic rings. The van der Waals surface area contributed by atoms with Crippen LogP contribution in [0.25, 0.3) is 0 Å². The molecule has 28 heteroatoms. The number of benzene rings is 1. The number of imide groups is 1. The molecule has 6 amide bonds. The van der Waals surface area contributed by atoms with Crippen LogP contribution in [0.2, 0.25) is 0 Å². The van der Waals surface area contributed by atoms with Crippen molar-refractivity contribution in [3.63, 3.8) is 0 Å². The van der Waals surface area contributed by atoms with E-state index >= 15 is 0 Å². The van der Waals surface area contributed by atoms with Crippen molar-refractivity contribution in [2.75, 3.05) is 99.3 Å². The van der Waals surface area contributed by atoms with E-state index in [1.54, 1.807) is 0 Å². The summed E-state index contributed by atoms with van der Waals surface area (Å²) in [5, 5.41) is 84.3. The van der Waals surface area contributed by atoms with Gasteiger partial charge in [-0.2, -0.15) is 0 Å². The molecule has 0 spiro atoms. The summed E-state index contributed by atoms with van der Waals surface area (Å²) in [6.45, 7) is -4.86. The number of methoxy groups -OCH3 is 1.